The van der Waals surface area contributed by atoms with Gasteiger partial charge in [0, 0.05) is 13.2 Å². The van der Waals surface area contributed by atoms with Crippen LogP contribution >= 0.6 is 37.2 Å². The largest absolute Gasteiger partial charge is 0.381 e. The summed E-state index contributed by atoms with van der Waals surface area (Å²) in [4.78, 5) is 0. The van der Waals surface area contributed by atoms with Gasteiger partial charge < -0.3 is 4.74 Å². The monoisotopic (exact) mass is 180 g/mol. The number of hydrogen-bond donors (Lipinski definition) is 0. The standard InChI is InChI=1S/C4H8O.3ClH/c1-2-4-5-3-1;;;/h1-4H2;3*1H. The molecule has 0 spiro atoms. The van der Waals surface area contributed by atoms with Gasteiger partial charge in [0.15, 0.2) is 0 Å². The molecule has 0 aromatic heterocycles. The highest BCUT2D eigenvalue weighted by Gasteiger charge is 1.94. The molecular formula is C4H11Cl3O. The summed E-state index contributed by atoms with van der Waals surface area (Å²) in [5.41, 5.74) is 0. The zero-order valence-corrected chi connectivity index (χ0v) is 6.91. The second-order valence-electron chi connectivity index (χ2n) is 1.32. The van der Waals surface area contributed by atoms with Crippen LogP contribution in [0.2, 0.25) is 0 Å². The Balaban J connectivity index is -0.0000000833. The SMILES string of the molecule is C1CCOC1.Cl.Cl.Cl. The van der Waals surface area contributed by atoms with E-state index in [1.54, 1.807) is 0 Å². The predicted molar refractivity (Wildman–Crippen MR) is 41.8 cm³/mol. The van der Waals surface area contributed by atoms with Gasteiger partial charge in [-0.15, -0.1) is 37.2 Å². The van der Waals surface area contributed by atoms with Crippen LogP contribution in [0.3, 0.4) is 0 Å². The summed E-state index contributed by atoms with van der Waals surface area (Å²) in [6.07, 6.45) is 2.56. The molecule has 1 rings (SSSR count). The number of rotatable bonds is 0. The fraction of sp³-hybridized carbons (Fsp3) is 1.00. The van der Waals surface area contributed by atoms with Crippen LogP contribution in [-0.2, 0) is 4.74 Å². The highest BCUT2D eigenvalue weighted by molar-refractivity contribution is 5.86. The summed E-state index contributed by atoms with van der Waals surface area (Å²) in [5, 5.41) is 0. The quantitative estimate of drug-likeness (QED) is 0.556. The Labute approximate surface area is 68.4 Å². The molecule has 1 fully saturated rings. The van der Waals surface area contributed by atoms with Crippen molar-refractivity contribution in [2.24, 2.45) is 0 Å². The van der Waals surface area contributed by atoms with E-state index >= 15 is 0 Å². The maximum atomic E-state index is 4.94. The van der Waals surface area contributed by atoms with E-state index in [0.29, 0.717) is 0 Å². The lowest BCUT2D eigenvalue weighted by molar-refractivity contribution is 0.198. The molecule has 4 heteroatoms. The maximum absolute atomic E-state index is 4.94. The highest BCUT2D eigenvalue weighted by Crippen LogP contribution is 1.98. The van der Waals surface area contributed by atoms with Crippen LogP contribution < -0.4 is 0 Å². The van der Waals surface area contributed by atoms with Crippen molar-refractivity contribution in [2.75, 3.05) is 13.2 Å². The van der Waals surface area contributed by atoms with Gasteiger partial charge in [-0.2, -0.15) is 0 Å². The summed E-state index contributed by atoms with van der Waals surface area (Å²) < 4.78 is 4.94. The van der Waals surface area contributed by atoms with Gasteiger partial charge in [-0.05, 0) is 12.8 Å². The van der Waals surface area contributed by atoms with Crippen LogP contribution in [0, 0.1) is 0 Å². The molecule has 0 amide bonds. The molecule has 1 heterocycles. The fourth-order valence-corrected chi connectivity index (χ4v) is 0.510. The number of ether oxygens (including phenoxy) is 1. The third kappa shape index (κ3) is 6.83. The van der Waals surface area contributed by atoms with Crippen LogP contribution in [0.25, 0.3) is 0 Å². The average molecular weight is 181 g/mol. The second kappa shape index (κ2) is 10.7. The van der Waals surface area contributed by atoms with E-state index in [4.69, 9.17) is 4.74 Å². The summed E-state index contributed by atoms with van der Waals surface area (Å²) >= 11 is 0. The first-order valence-electron chi connectivity index (χ1n) is 2.08. The fourth-order valence-electron chi connectivity index (χ4n) is 0.510. The molecule has 0 unspecified atom stereocenters. The van der Waals surface area contributed by atoms with E-state index in [1.807, 2.05) is 0 Å². The van der Waals surface area contributed by atoms with Crippen molar-refractivity contribution in [3.8, 4) is 0 Å². The summed E-state index contributed by atoms with van der Waals surface area (Å²) in [6.45, 7) is 2.00. The van der Waals surface area contributed by atoms with Crippen molar-refractivity contribution in [3.63, 3.8) is 0 Å². The van der Waals surface area contributed by atoms with Gasteiger partial charge >= 0.3 is 0 Å². The smallest absolute Gasteiger partial charge is 0.0466 e. The van der Waals surface area contributed by atoms with Crippen molar-refractivity contribution in [3.05, 3.63) is 0 Å². The molecule has 0 radical (unpaired) electrons. The number of hydrogen-bond acceptors (Lipinski definition) is 1. The van der Waals surface area contributed by atoms with Crippen LogP contribution in [0.4, 0.5) is 0 Å². The minimum atomic E-state index is 0. The second-order valence-corrected chi connectivity index (χ2v) is 1.32. The minimum absolute atomic E-state index is 0. The first-order chi connectivity index (χ1) is 2.50. The minimum Gasteiger partial charge on any atom is -0.381 e. The molecular weight excluding hydrogens is 170 g/mol. The first kappa shape index (κ1) is 15.9. The van der Waals surface area contributed by atoms with Crippen molar-refractivity contribution in [2.45, 2.75) is 12.8 Å². The Bertz CT molecular complexity index is 22.9. The van der Waals surface area contributed by atoms with Gasteiger partial charge in [0.1, 0.15) is 0 Å². The molecule has 1 nitrogen and oxygen atoms in total. The Morgan fingerprint density at radius 2 is 1.12 bits per heavy atom. The maximum Gasteiger partial charge on any atom is 0.0466 e. The molecule has 0 aromatic rings. The summed E-state index contributed by atoms with van der Waals surface area (Å²) in [7, 11) is 0. The molecule has 0 atom stereocenters. The third-order valence-electron chi connectivity index (χ3n) is 0.827. The van der Waals surface area contributed by atoms with Crippen LogP contribution in [0.5, 0.6) is 0 Å². The summed E-state index contributed by atoms with van der Waals surface area (Å²) in [6, 6.07) is 0. The Morgan fingerprint density at radius 1 is 0.750 bits per heavy atom. The Hall–Kier alpha value is 0.830. The van der Waals surface area contributed by atoms with E-state index < -0.39 is 0 Å². The topological polar surface area (TPSA) is 9.23 Å². The van der Waals surface area contributed by atoms with E-state index in [0.717, 1.165) is 13.2 Å². The lowest BCUT2D eigenvalue weighted by Gasteiger charge is -1.76. The van der Waals surface area contributed by atoms with Crippen molar-refractivity contribution < 1.29 is 4.74 Å². The van der Waals surface area contributed by atoms with E-state index in [9.17, 15) is 0 Å². The normalized spacial score (nSPS) is 15.0. The molecule has 0 aromatic carbocycles. The van der Waals surface area contributed by atoms with Gasteiger partial charge in [-0.1, -0.05) is 0 Å². The van der Waals surface area contributed by atoms with Crippen molar-refractivity contribution in [1.82, 2.24) is 0 Å². The lowest BCUT2D eigenvalue weighted by atomic mass is 10.4. The molecule has 54 valence electrons. The van der Waals surface area contributed by atoms with Gasteiger partial charge in [-0.25, -0.2) is 0 Å². The van der Waals surface area contributed by atoms with Crippen LogP contribution in [-0.4, -0.2) is 13.2 Å². The molecule has 1 saturated heterocycles. The van der Waals surface area contributed by atoms with Crippen LogP contribution in [0.15, 0.2) is 0 Å². The van der Waals surface area contributed by atoms with Crippen molar-refractivity contribution in [1.29, 1.82) is 0 Å². The predicted octanol–water partition coefficient (Wildman–Crippen LogP) is 2.06. The zero-order valence-electron chi connectivity index (χ0n) is 4.46. The molecule has 1 aliphatic heterocycles. The third-order valence-corrected chi connectivity index (χ3v) is 0.827. The van der Waals surface area contributed by atoms with E-state index in [2.05, 4.69) is 0 Å². The van der Waals surface area contributed by atoms with Gasteiger partial charge in [0.25, 0.3) is 0 Å². The van der Waals surface area contributed by atoms with Gasteiger partial charge in [-0.3, -0.25) is 0 Å². The molecule has 0 saturated carbocycles. The molecule has 1 aliphatic rings. The Morgan fingerprint density at radius 3 is 1.25 bits per heavy atom. The molecule has 0 bridgehead atoms. The highest BCUT2D eigenvalue weighted by atomic mass is 35.5. The first-order valence-corrected chi connectivity index (χ1v) is 2.08. The van der Waals surface area contributed by atoms with Crippen LogP contribution in [0.1, 0.15) is 12.8 Å². The van der Waals surface area contributed by atoms with E-state index in [1.165, 1.54) is 12.8 Å². The lowest BCUT2D eigenvalue weighted by Crippen LogP contribution is -1.74. The molecule has 0 aliphatic carbocycles. The van der Waals surface area contributed by atoms with Crippen molar-refractivity contribution >= 4 is 37.2 Å². The number of halogens is 3. The molecule has 0 N–H and O–H groups in total. The molecule has 8 heavy (non-hydrogen) atoms. The van der Waals surface area contributed by atoms with Gasteiger partial charge in [0.05, 0.1) is 0 Å². The zero-order chi connectivity index (χ0) is 3.54. The van der Waals surface area contributed by atoms with E-state index in [-0.39, 0.29) is 37.2 Å². The average Bonchev–Trinajstić information content (AvgIpc) is 1.76. The van der Waals surface area contributed by atoms with Gasteiger partial charge in [0.2, 0.25) is 0 Å². The Kier molecular flexibility index (Phi) is 21.4. The summed E-state index contributed by atoms with van der Waals surface area (Å²) in [5.74, 6) is 0.